The highest BCUT2D eigenvalue weighted by atomic mass is 35.5. The molecule has 27 heavy (non-hydrogen) atoms. The van der Waals surface area contributed by atoms with Crippen LogP contribution >= 0.6 is 11.6 Å². The van der Waals surface area contributed by atoms with Gasteiger partial charge in [0.1, 0.15) is 11.0 Å². The van der Waals surface area contributed by atoms with E-state index >= 15 is 0 Å². The molecule has 0 aliphatic carbocycles. The molecule has 0 saturated carbocycles. The molecule has 0 bridgehead atoms. The van der Waals surface area contributed by atoms with E-state index in [0.29, 0.717) is 27.5 Å². The van der Waals surface area contributed by atoms with Crippen LogP contribution in [-0.4, -0.2) is 21.2 Å². The van der Waals surface area contributed by atoms with E-state index in [0.717, 1.165) is 15.8 Å². The Morgan fingerprint density at radius 3 is 2.56 bits per heavy atom. The normalized spacial score (nSPS) is 10.9. The van der Waals surface area contributed by atoms with E-state index in [4.69, 9.17) is 11.6 Å². The standard InChI is InChI=1S/C20H17ClFN3O2/c1-10(2)25(20(26)27)18-7-14(11(3)5-16(18)22)15-6-13-9-23-19(21)8-17(13)24-12(15)4/h5-9H,1H2,2-4H3,(H,26,27). The third-order valence-electron chi connectivity index (χ3n) is 4.25. The summed E-state index contributed by atoms with van der Waals surface area (Å²) in [6.45, 7) is 8.73. The van der Waals surface area contributed by atoms with Crippen molar-refractivity contribution in [2.45, 2.75) is 20.8 Å². The minimum Gasteiger partial charge on any atom is -0.464 e. The number of carbonyl (C=O) groups is 1. The molecule has 2 aromatic heterocycles. The lowest BCUT2D eigenvalue weighted by Crippen LogP contribution is -2.27. The van der Waals surface area contributed by atoms with E-state index in [1.165, 1.54) is 19.1 Å². The van der Waals surface area contributed by atoms with E-state index in [9.17, 15) is 14.3 Å². The molecular formula is C20H17ClFN3O2. The molecule has 1 aromatic carbocycles. The average Bonchev–Trinajstić information content (AvgIpc) is 2.56. The molecule has 138 valence electrons. The molecule has 3 rings (SSSR count). The number of rotatable bonds is 3. The van der Waals surface area contributed by atoms with E-state index in [2.05, 4.69) is 16.5 Å². The zero-order valence-electron chi connectivity index (χ0n) is 15.0. The molecule has 0 spiro atoms. The van der Waals surface area contributed by atoms with Gasteiger partial charge in [-0.25, -0.2) is 19.1 Å². The smallest absolute Gasteiger partial charge is 0.416 e. The van der Waals surface area contributed by atoms with Crippen molar-refractivity contribution in [3.8, 4) is 11.1 Å². The molecule has 0 fully saturated rings. The third-order valence-corrected chi connectivity index (χ3v) is 4.46. The van der Waals surface area contributed by atoms with E-state index in [1.807, 2.05) is 13.0 Å². The zero-order valence-corrected chi connectivity index (χ0v) is 15.8. The molecule has 0 aliphatic heterocycles. The monoisotopic (exact) mass is 385 g/mol. The van der Waals surface area contributed by atoms with Gasteiger partial charge in [-0.1, -0.05) is 18.2 Å². The Kier molecular flexibility index (Phi) is 4.85. The van der Waals surface area contributed by atoms with Gasteiger partial charge in [0.2, 0.25) is 0 Å². The maximum atomic E-state index is 14.5. The van der Waals surface area contributed by atoms with Crippen LogP contribution in [0.15, 0.2) is 42.7 Å². The van der Waals surface area contributed by atoms with Gasteiger partial charge in [0.15, 0.2) is 0 Å². The maximum absolute atomic E-state index is 14.5. The number of allylic oxidation sites excluding steroid dienone is 1. The summed E-state index contributed by atoms with van der Waals surface area (Å²) in [5.74, 6) is -0.638. The minimum atomic E-state index is -1.30. The summed E-state index contributed by atoms with van der Waals surface area (Å²) < 4.78 is 14.5. The van der Waals surface area contributed by atoms with Gasteiger partial charge in [-0.2, -0.15) is 0 Å². The van der Waals surface area contributed by atoms with E-state index < -0.39 is 11.9 Å². The number of nitrogens with zero attached hydrogens (tertiary/aromatic N) is 3. The highest BCUT2D eigenvalue weighted by Gasteiger charge is 2.22. The number of amides is 1. The second-order valence-corrected chi connectivity index (χ2v) is 6.68. The van der Waals surface area contributed by atoms with Gasteiger partial charge >= 0.3 is 6.09 Å². The van der Waals surface area contributed by atoms with Crippen LogP contribution in [0.3, 0.4) is 0 Å². The number of pyridine rings is 2. The van der Waals surface area contributed by atoms with Crippen LogP contribution in [0.1, 0.15) is 18.2 Å². The molecule has 0 saturated heterocycles. The second kappa shape index (κ2) is 6.96. The quantitative estimate of drug-likeness (QED) is 0.585. The molecule has 2 heterocycles. The van der Waals surface area contributed by atoms with Crippen molar-refractivity contribution in [2.24, 2.45) is 0 Å². The third kappa shape index (κ3) is 3.48. The van der Waals surface area contributed by atoms with Crippen LogP contribution in [0, 0.1) is 19.7 Å². The first kappa shape index (κ1) is 18.8. The lowest BCUT2D eigenvalue weighted by molar-refractivity contribution is 0.203. The molecule has 0 aliphatic rings. The zero-order chi connectivity index (χ0) is 19.9. The fourth-order valence-electron chi connectivity index (χ4n) is 3.01. The van der Waals surface area contributed by atoms with Gasteiger partial charge in [-0.3, -0.25) is 4.98 Å². The van der Waals surface area contributed by atoms with Crippen molar-refractivity contribution in [3.63, 3.8) is 0 Å². The number of hydrogen-bond acceptors (Lipinski definition) is 3. The largest absolute Gasteiger partial charge is 0.464 e. The minimum absolute atomic E-state index is 0.0793. The summed E-state index contributed by atoms with van der Waals surface area (Å²) in [5, 5.41) is 10.6. The second-order valence-electron chi connectivity index (χ2n) is 6.29. The lowest BCUT2D eigenvalue weighted by Gasteiger charge is -2.22. The highest BCUT2D eigenvalue weighted by molar-refractivity contribution is 6.30. The molecule has 5 nitrogen and oxygen atoms in total. The SMILES string of the molecule is C=C(C)N(C(=O)O)c1cc(-c2cc3cnc(Cl)cc3nc2C)c(C)cc1F. The van der Waals surface area contributed by atoms with Gasteiger partial charge in [0, 0.05) is 34.6 Å². The first-order valence-electron chi connectivity index (χ1n) is 8.11. The Balaban J connectivity index is 2.25. The molecule has 0 atom stereocenters. The molecule has 1 amide bonds. The predicted octanol–water partition coefficient (Wildman–Crippen LogP) is 5.72. The van der Waals surface area contributed by atoms with Crippen LogP contribution in [-0.2, 0) is 0 Å². The number of aromatic nitrogens is 2. The van der Waals surface area contributed by atoms with Crippen molar-refractivity contribution in [1.82, 2.24) is 9.97 Å². The van der Waals surface area contributed by atoms with Gasteiger partial charge in [0.25, 0.3) is 0 Å². The van der Waals surface area contributed by atoms with Crippen LogP contribution in [0.2, 0.25) is 5.15 Å². The van der Waals surface area contributed by atoms with Crippen molar-refractivity contribution in [1.29, 1.82) is 0 Å². The van der Waals surface area contributed by atoms with Gasteiger partial charge in [-0.05, 0) is 50.1 Å². The number of hydrogen-bond donors (Lipinski definition) is 1. The summed E-state index contributed by atoms with van der Waals surface area (Å²) in [4.78, 5) is 21.0. The molecule has 1 N–H and O–H groups in total. The summed E-state index contributed by atoms with van der Waals surface area (Å²) in [6, 6.07) is 6.38. The number of aryl methyl sites for hydroxylation is 2. The number of anilines is 1. The molecule has 0 unspecified atom stereocenters. The lowest BCUT2D eigenvalue weighted by atomic mass is 9.97. The highest BCUT2D eigenvalue weighted by Crippen LogP contribution is 2.34. The topological polar surface area (TPSA) is 66.3 Å². The summed E-state index contributed by atoms with van der Waals surface area (Å²) >= 11 is 5.92. The Morgan fingerprint density at radius 1 is 1.22 bits per heavy atom. The number of carboxylic acid groups (broad SMARTS) is 1. The van der Waals surface area contributed by atoms with E-state index in [1.54, 1.807) is 19.2 Å². The Hall–Kier alpha value is -2.99. The molecular weight excluding hydrogens is 369 g/mol. The molecule has 0 radical (unpaired) electrons. The summed E-state index contributed by atoms with van der Waals surface area (Å²) in [6.07, 6.45) is 0.313. The van der Waals surface area contributed by atoms with Crippen molar-refractivity contribution >= 4 is 34.3 Å². The van der Waals surface area contributed by atoms with E-state index in [-0.39, 0.29) is 11.4 Å². The number of benzene rings is 1. The van der Waals surface area contributed by atoms with Crippen LogP contribution in [0.5, 0.6) is 0 Å². The summed E-state index contributed by atoms with van der Waals surface area (Å²) in [7, 11) is 0. The fraction of sp³-hybridized carbons (Fsp3) is 0.150. The first-order valence-corrected chi connectivity index (χ1v) is 8.49. The van der Waals surface area contributed by atoms with Crippen LogP contribution in [0.25, 0.3) is 22.0 Å². The van der Waals surface area contributed by atoms with Crippen molar-refractivity contribution < 1.29 is 14.3 Å². The van der Waals surface area contributed by atoms with Crippen molar-refractivity contribution in [2.75, 3.05) is 4.90 Å². The Bertz CT molecular complexity index is 1080. The van der Waals surface area contributed by atoms with Crippen molar-refractivity contribution in [3.05, 3.63) is 65.0 Å². The van der Waals surface area contributed by atoms with Crippen LogP contribution in [0.4, 0.5) is 14.9 Å². The van der Waals surface area contributed by atoms with Gasteiger partial charge < -0.3 is 5.11 Å². The maximum Gasteiger partial charge on any atom is 0.416 e. The number of fused-ring (bicyclic) bond motifs is 1. The summed E-state index contributed by atoms with van der Waals surface area (Å²) in [5.41, 5.74) is 3.63. The molecule has 3 aromatic rings. The molecule has 7 heteroatoms. The van der Waals surface area contributed by atoms with Gasteiger partial charge in [-0.15, -0.1) is 0 Å². The average molecular weight is 386 g/mol. The Labute approximate surface area is 160 Å². The van der Waals surface area contributed by atoms with Gasteiger partial charge in [0.05, 0.1) is 11.2 Å². The first-order chi connectivity index (χ1) is 12.7. The fourth-order valence-corrected chi connectivity index (χ4v) is 3.16. The predicted molar refractivity (Wildman–Crippen MR) is 105 cm³/mol. The Morgan fingerprint density at radius 2 is 1.93 bits per heavy atom. The van der Waals surface area contributed by atoms with Crippen LogP contribution < -0.4 is 4.90 Å². The number of halogens is 2.